The standard InChI is InChI=1S/C59H41N/c1-59(2)55-25-13-18-41-28-33-52(46-24-12-17-40-16-6-7-19-45(40)46)58(57(41)55)53-35-32-44(37-56(53)59)60(42-29-26-39(27-30-42)38-14-4-3-5-15-38)43-31-34-51-49-22-9-8-20-47(49)48-21-10-11-23-50(48)54(51)36-43/h3-37H,1-2H3. The van der Waals surface area contributed by atoms with Crippen molar-refractivity contribution in [2.24, 2.45) is 0 Å². The van der Waals surface area contributed by atoms with Crippen LogP contribution in [-0.4, -0.2) is 0 Å². The van der Waals surface area contributed by atoms with Crippen LogP contribution >= 0.6 is 0 Å². The molecule has 12 rings (SSSR count). The summed E-state index contributed by atoms with van der Waals surface area (Å²) in [5, 5.41) is 12.8. The van der Waals surface area contributed by atoms with E-state index in [2.05, 4.69) is 231 Å². The van der Waals surface area contributed by atoms with E-state index in [1.807, 2.05) is 0 Å². The minimum atomic E-state index is -0.253. The lowest BCUT2D eigenvalue weighted by atomic mass is 9.67. The number of anilines is 3. The van der Waals surface area contributed by atoms with Gasteiger partial charge in [-0.2, -0.15) is 0 Å². The van der Waals surface area contributed by atoms with E-state index in [9.17, 15) is 0 Å². The Balaban J connectivity index is 1.11. The molecule has 60 heavy (non-hydrogen) atoms. The third kappa shape index (κ3) is 5.19. The van der Waals surface area contributed by atoms with E-state index in [0.717, 1.165) is 17.1 Å². The number of hydrogen-bond acceptors (Lipinski definition) is 1. The SMILES string of the molecule is CC1(C)c2cc(N(c3ccc(-c4ccccc4)cc3)c3ccc4c5ccccc5c5ccccc5c4c3)ccc2-c2c(-c3cccc4ccccc34)ccc3cccc1c23. The zero-order valence-electron chi connectivity index (χ0n) is 33.7. The number of rotatable bonds is 5. The molecule has 0 heterocycles. The second-order valence-corrected chi connectivity index (χ2v) is 16.8. The van der Waals surface area contributed by atoms with Gasteiger partial charge in [-0.15, -0.1) is 0 Å². The highest BCUT2D eigenvalue weighted by Crippen LogP contribution is 2.54. The van der Waals surface area contributed by atoms with E-state index < -0.39 is 0 Å². The van der Waals surface area contributed by atoms with Crippen LogP contribution in [0.2, 0.25) is 0 Å². The van der Waals surface area contributed by atoms with E-state index >= 15 is 0 Å². The van der Waals surface area contributed by atoms with Crippen LogP contribution < -0.4 is 4.90 Å². The molecule has 1 aliphatic carbocycles. The molecule has 282 valence electrons. The van der Waals surface area contributed by atoms with E-state index in [-0.39, 0.29) is 5.41 Å². The van der Waals surface area contributed by atoms with Crippen molar-refractivity contribution in [1.29, 1.82) is 0 Å². The molecule has 11 aromatic rings. The Morgan fingerprint density at radius 2 is 0.850 bits per heavy atom. The summed E-state index contributed by atoms with van der Waals surface area (Å²) < 4.78 is 0. The molecule has 1 nitrogen and oxygen atoms in total. The van der Waals surface area contributed by atoms with Crippen LogP contribution in [0.1, 0.15) is 25.0 Å². The summed E-state index contributed by atoms with van der Waals surface area (Å²) in [7, 11) is 0. The first-order chi connectivity index (χ1) is 29.5. The van der Waals surface area contributed by atoms with Crippen molar-refractivity contribution in [3.05, 3.63) is 223 Å². The Hall–Kier alpha value is -7.48. The van der Waals surface area contributed by atoms with Gasteiger partial charge < -0.3 is 4.90 Å². The lowest BCUT2D eigenvalue weighted by Gasteiger charge is -2.37. The molecule has 0 saturated carbocycles. The summed E-state index contributed by atoms with van der Waals surface area (Å²) >= 11 is 0. The van der Waals surface area contributed by atoms with Gasteiger partial charge in [-0.3, -0.25) is 0 Å². The number of hydrogen-bond donors (Lipinski definition) is 0. The molecule has 0 fully saturated rings. The fourth-order valence-electron chi connectivity index (χ4n) is 10.3. The molecular formula is C59H41N. The summed E-state index contributed by atoms with van der Waals surface area (Å²) in [6.07, 6.45) is 0. The maximum atomic E-state index is 2.48. The maximum Gasteiger partial charge on any atom is 0.0468 e. The minimum absolute atomic E-state index is 0.253. The average Bonchev–Trinajstić information content (AvgIpc) is 3.31. The highest BCUT2D eigenvalue weighted by atomic mass is 15.1. The third-order valence-electron chi connectivity index (χ3n) is 13.2. The third-order valence-corrected chi connectivity index (χ3v) is 13.2. The molecule has 0 N–H and O–H groups in total. The van der Waals surface area contributed by atoms with Crippen LogP contribution in [0.3, 0.4) is 0 Å². The molecule has 1 aliphatic rings. The maximum absolute atomic E-state index is 2.48. The molecule has 0 bridgehead atoms. The molecule has 0 radical (unpaired) electrons. The van der Waals surface area contributed by atoms with Gasteiger partial charge in [0, 0.05) is 22.5 Å². The van der Waals surface area contributed by atoms with Gasteiger partial charge in [0.15, 0.2) is 0 Å². The summed E-state index contributed by atoms with van der Waals surface area (Å²) in [6, 6.07) is 78.8. The van der Waals surface area contributed by atoms with Crippen molar-refractivity contribution in [3.63, 3.8) is 0 Å². The van der Waals surface area contributed by atoms with Gasteiger partial charge in [0.25, 0.3) is 0 Å². The predicted octanol–water partition coefficient (Wildman–Crippen LogP) is 16.6. The minimum Gasteiger partial charge on any atom is -0.310 e. The Morgan fingerprint density at radius 1 is 0.317 bits per heavy atom. The Labute approximate surface area is 350 Å². The van der Waals surface area contributed by atoms with E-state index in [1.54, 1.807) is 0 Å². The van der Waals surface area contributed by atoms with Crippen LogP contribution in [0.4, 0.5) is 17.1 Å². The van der Waals surface area contributed by atoms with Crippen molar-refractivity contribution in [3.8, 4) is 33.4 Å². The Morgan fingerprint density at radius 3 is 1.60 bits per heavy atom. The predicted molar refractivity (Wildman–Crippen MR) is 257 cm³/mol. The number of benzene rings is 11. The van der Waals surface area contributed by atoms with Gasteiger partial charge in [-0.1, -0.05) is 190 Å². The van der Waals surface area contributed by atoms with Gasteiger partial charge in [-0.05, 0) is 135 Å². The number of fused-ring (bicyclic) bond motifs is 9. The highest BCUT2D eigenvalue weighted by Gasteiger charge is 2.35. The van der Waals surface area contributed by atoms with Gasteiger partial charge in [0.05, 0.1) is 0 Å². The quantitative estimate of drug-likeness (QED) is 0.158. The molecule has 0 amide bonds. The summed E-state index contributed by atoms with van der Waals surface area (Å²) in [5.41, 5.74) is 13.4. The molecule has 0 aliphatic heterocycles. The molecule has 0 atom stereocenters. The van der Waals surface area contributed by atoms with Gasteiger partial charge in [0.2, 0.25) is 0 Å². The first kappa shape index (κ1) is 34.6. The van der Waals surface area contributed by atoms with E-state index in [1.165, 1.54) is 98.4 Å². The highest BCUT2D eigenvalue weighted by molar-refractivity contribution is 6.26. The fraction of sp³-hybridized carbons (Fsp3) is 0.0508. The van der Waals surface area contributed by atoms with Crippen LogP contribution in [-0.2, 0) is 5.41 Å². The Kier molecular flexibility index (Phi) is 7.65. The zero-order valence-corrected chi connectivity index (χ0v) is 33.7. The van der Waals surface area contributed by atoms with Crippen molar-refractivity contribution < 1.29 is 0 Å². The van der Waals surface area contributed by atoms with Crippen molar-refractivity contribution >= 4 is 70.9 Å². The molecular weight excluding hydrogens is 723 g/mol. The normalized spacial score (nSPS) is 13.0. The first-order valence-corrected chi connectivity index (χ1v) is 21.0. The summed E-state index contributed by atoms with van der Waals surface area (Å²) in [6.45, 7) is 4.81. The van der Waals surface area contributed by atoms with Crippen LogP contribution in [0.5, 0.6) is 0 Å². The van der Waals surface area contributed by atoms with Crippen LogP contribution in [0, 0.1) is 0 Å². The first-order valence-electron chi connectivity index (χ1n) is 21.0. The number of nitrogens with zero attached hydrogens (tertiary/aromatic N) is 1. The lowest BCUT2D eigenvalue weighted by Crippen LogP contribution is -2.24. The largest absolute Gasteiger partial charge is 0.310 e. The van der Waals surface area contributed by atoms with E-state index in [0.29, 0.717) is 0 Å². The smallest absolute Gasteiger partial charge is 0.0468 e. The monoisotopic (exact) mass is 763 g/mol. The second-order valence-electron chi connectivity index (χ2n) is 16.8. The fourth-order valence-corrected chi connectivity index (χ4v) is 10.3. The molecule has 11 aromatic carbocycles. The molecule has 0 aromatic heterocycles. The van der Waals surface area contributed by atoms with Gasteiger partial charge in [-0.25, -0.2) is 0 Å². The van der Waals surface area contributed by atoms with Crippen molar-refractivity contribution in [2.45, 2.75) is 19.3 Å². The summed E-state index contributed by atoms with van der Waals surface area (Å²) in [5.74, 6) is 0. The van der Waals surface area contributed by atoms with Gasteiger partial charge >= 0.3 is 0 Å². The summed E-state index contributed by atoms with van der Waals surface area (Å²) in [4.78, 5) is 2.46. The van der Waals surface area contributed by atoms with Crippen molar-refractivity contribution in [1.82, 2.24) is 0 Å². The molecule has 1 heteroatoms. The van der Waals surface area contributed by atoms with Crippen LogP contribution in [0.15, 0.2) is 212 Å². The van der Waals surface area contributed by atoms with Gasteiger partial charge in [0.1, 0.15) is 0 Å². The second kappa shape index (κ2) is 13.3. The topological polar surface area (TPSA) is 3.24 Å². The Bertz CT molecular complexity index is 3460. The zero-order chi connectivity index (χ0) is 40.0. The molecule has 0 unspecified atom stereocenters. The van der Waals surface area contributed by atoms with Crippen LogP contribution in [0.25, 0.3) is 87.2 Å². The molecule has 0 spiro atoms. The molecule has 0 saturated heterocycles. The van der Waals surface area contributed by atoms with E-state index in [4.69, 9.17) is 0 Å². The lowest BCUT2D eigenvalue weighted by molar-refractivity contribution is 0.645. The van der Waals surface area contributed by atoms with Crippen molar-refractivity contribution in [2.75, 3.05) is 4.90 Å². The average molecular weight is 764 g/mol.